The first kappa shape index (κ1) is 21.8. The van der Waals surface area contributed by atoms with Crippen molar-refractivity contribution < 1.29 is 23.7 Å². The molecule has 0 unspecified atom stereocenters. The van der Waals surface area contributed by atoms with Gasteiger partial charge in [0.15, 0.2) is 17.3 Å². The second-order valence-electron chi connectivity index (χ2n) is 7.64. The van der Waals surface area contributed by atoms with E-state index >= 15 is 0 Å². The van der Waals surface area contributed by atoms with Crippen molar-refractivity contribution in [2.75, 3.05) is 20.3 Å². The molecule has 166 valence electrons. The van der Waals surface area contributed by atoms with Crippen molar-refractivity contribution in [2.24, 2.45) is 5.10 Å². The highest BCUT2D eigenvalue weighted by atomic mass is 16.7. The fraction of sp³-hybridized carbons (Fsp3) is 0.280. The zero-order chi connectivity index (χ0) is 22.4. The summed E-state index contributed by atoms with van der Waals surface area (Å²) in [6.07, 6.45) is 1.63. The Morgan fingerprint density at radius 3 is 2.69 bits per heavy atom. The van der Waals surface area contributed by atoms with E-state index in [1.807, 2.05) is 30.3 Å². The lowest BCUT2D eigenvalue weighted by molar-refractivity contribution is -0.159. The molecule has 0 saturated carbocycles. The van der Waals surface area contributed by atoms with E-state index in [9.17, 15) is 4.79 Å². The third kappa shape index (κ3) is 5.25. The smallest absolute Gasteiger partial charge is 0.245 e. The Kier molecular flexibility index (Phi) is 6.68. The molecule has 1 N–H and O–H groups in total. The fourth-order valence-electron chi connectivity index (χ4n) is 3.63. The summed E-state index contributed by atoms with van der Waals surface area (Å²) < 4.78 is 22.4. The highest BCUT2D eigenvalue weighted by Gasteiger charge is 2.33. The van der Waals surface area contributed by atoms with E-state index in [-0.39, 0.29) is 12.3 Å². The van der Waals surface area contributed by atoms with Crippen molar-refractivity contribution in [3.8, 4) is 11.5 Å². The largest absolute Gasteiger partial charge is 0.493 e. The molecule has 1 heterocycles. The van der Waals surface area contributed by atoms with E-state index in [0.29, 0.717) is 31.3 Å². The lowest BCUT2D eigenvalue weighted by Gasteiger charge is -2.20. The summed E-state index contributed by atoms with van der Waals surface area (Å²) in [5.74, 6) is 0.0461. The number of ether oxygens (including phenoxy) is 4. The Bertz CT molecular complexity index is 1120. The van der Waals surface area contributed by atoms with E-state index in [1.54, 1.807) is 26.3 Å². The van der Waals surface area contributed by atoms with Crippen LogP contribution in [-0.2, 0) is 20.9 Å². The summed E-state index contributed by atoms with van der Waals surface area (Å²) >= 11 is 0. The van der Waals surface area contributed by atoms with Gasteiger partial charge >= 0.3 is 0 Å². The van der Waals surface area contributed by atoms with Gasteiger partial charge in [0.2, 0.25) is 5.91 Å². The minimum absolute atomic E-state index is 0.0780. The van der Waals surface area contributed by atoms with Gasteiger partial charge in [-0.15, -0.1) is 0 Å². The van der Waals surface area contributed by atoms with Crippen LogP contribution in [0, 0.1) is 0 Å². The summed E-state index contributed by atoms with van der Waals surface area (Å²) in [7, 11) is 1.59. The molecular formula is C25H26N2O5. The average Bonchev–Trinajstić information content (AvgIpc) is 3.23. The van der Waals surface area contributed by atoms with Crippen molar-refractivity contribution in [1.82, 2.24) is 5.43 Å². The van der Waals surface area contributed by atoms with Crippen LogP contribution in [0.3, 0.4) is 0 Å². The van der Waals surface area contributed by atoms with Gasteiger partial charge in [0, 0.05) is 0 Å². The van der Waals surface area contributed by atoms with Crippen LogP contribution in [0.2, 0.25) is 0 Å². The molecule has 0 bridgehead atoms. The second-order valence-corrected chi connectivity index (χ2v) is 7.64. The number of carbonyl (C=O) groups is 1. The molecule has 7 nitrogen and oxygen atoms in total. The molecule has 1 amide bonds. The van der Waals surface area contributed by atoms with Gasteiger partial charge in [-0.05, 0) is 47.0 Å². The molecule has 1 fully saturated rings. The molecule has 1 saturated heterocycles. The van der Waals surface area contributed by atoms with E-state index in [4.69, 9.17) is 18.9 Å². The number of rotatable bonds is 8. The van der Waals surface area contributed by atoms with Crippen LogP contribution in [0.25, 0.3) is 10.8 Å². The van der Waals surface area contributed by atoms with Crippen molar-refractivity contribution in [3.63, 3.8) is 0 Å². The van der Waals surface area contributed by atoms with Crippen LogP contribution < -0.4 is 14.9 Å². The van der Waals surface area contributed by atoms with E-state index < -0.39 is 5.79 Å². The number of nitrogens with one attached hydrogen (secondary N) is 1. The Morgan fingerprint density at radius 1 is 1.09 bits per heavy atom. The number of hydrogen-bond acceptors (Lipinski definition) is 6. The van der Waals surface area contributed by atoms with Crippen molar-refractivity contribution in [2.45, 2.75) is 25.7 Å². The Morgan fingerprint density at radius 2 is 1.88 bits per heavy atom. The molecule has 3 aromatic rings. The predicted octanol–water partition coefficient (Wildman–Crippen LogP) is 4.03. The SMILES string of the molecule is COc1cc(/C=N\NC(=O)CC2(C)OCCO2)ccc1OCc1cccc2ccccc12. The van der Waals surface area contributed by atoms with E-state index in [0.717, 1.165) is 16.5 Å². The molecule has 7 heteroatoms. The number of benzene rings is 3. The standard InChI is InChI=1S/C25H26N2O5/c1-25(31-12-13-32-25)15-24(28)27-26-16-18-10-11-22(23(14-18)29-2)30-17-20-8-5-7-19-6-3-4-9-21(19)20/h3-11,14,16H,12-13,15,17H2,1-2H3,(H,27,28)/b26-16-. The van der Waals surface area contributed by atoms with Gasteiger partial charge in [0.05, 0.1) is 33.0 Å². The van der Waals surface area contributed by atoms with Crippen molar-refractivity contribution in [3.05, 3.63) is 71.8 Å². The summed E-state index contributed by atoms with van der Waals surface area (Å²) in [4.78, 5) is 12.1. The highest BCUT2D eigenvalue weighted by Crippen LogP contribution is 2.29. The van der Waals surface area contributed by atoms with Gasteiger partial charge in [-0.25, -0.2) is 5.43 Å². The number of amides is 1. The van der Waals surface area contributed by atoms with Crippen LogP contribution in [0.4, 0.5) is 0 Å². The molecule has 0 aromatic heterocycles. The molecule has 0 atom stereocenters. The zero-order valence-electron chi connectivity index (χ0n) is 18.2. The number of methoxy groups -OCH3 is 1. The molecule has 1 aliphatic heterocycles. The normalized spacial score (nSPS) is 15.2. The van der Waals surface area contributed by atoms with Crippen molar-refractivity contribution in [1.29, 1.82) is 0 Å². The third-order valence-electron chi connectivity index (χ3n) is 5.23. The van der Waals surface area contributed by atoms with E-state index in [2.05, 4.69) is 34.8 Å². The van der Waals surface area contributed by atoms with Crippen LogP contribution in [0.5, 0.6) is 11.5 Å². The second kappa shape index (κ2) is 9.80. The third-order valence-corrected chi connectivity index (χ3v) is 5.23. The number of fused-ring (bicyclic) bond motifs is 1. The average molecular weight is 434 g/mol. The highest BCUT2D eigenvalue weighted by molar-refractivity contribution is 5.85. The van der Waals surface area contributed by atoms with Gasteiger partial charge in [0.1, 0.15) is 6.61 Å². The van der Waals surface area contributed by atoms with Crippen LogP contribution >= 0.6 is 0 Å². The van der Waals surface area contributed by atoms with Crippen LogP contribution in [0.1, 0.15) is 24.5 Å². The fourth-order valence-corrected chi connectivity index (χ4v) is 3.63. The van der Waals surface area contributed by atoms with Gasteiger partial charge in [0.25, 0.3) is 0 Å². The molecule has 3 aromatic carbocycles. The van der Waals surface area contributed by atoms with Gasteiger partial charge in [-0.3, -0.25) is 4.79 Å². The first-order chi connectivity index (χ1) is 15.6. The number of hydrogen-bond donors (Lipinski definition) is 1. The minimum Gasteiger partial charge on any atom is -0.493 e. The van der Waals surface area contributed by atoms with Gasteiger partial charge < -0.3 is 18.9 Å². The van der Waals surface area contributed by atoms with E-state index in [1.165, 1.54) is 5.39 Å². The molecule has 1 aliphatic rings. The number of nitrogens with zero attached hydrogens (tertiary/aromatic N) is 1. The minimum atomic E-state index is -0.883. The summed E-state index contributed by atoms with van der Waals surface area (Å²) in [6, 6.07) is 19.9. The zero-order valence-corrected chi connectivity index (χ0v) is 18.2. The van der Waals surface area contributed by atoms with Gasteiger partial charge in [-0.1, -0.05) is 42.5 Å². The number of hydrazone groups is 1. The molecule has 0 spiro atoms. The Balaban J connectivity index is 1.38. The Labute approximate surface area is 186 Å². The quantitative estimate of drug-likeness (QED) is 0.428. The maximum atomic E-state index is 12.1. The maximum absolute atomic E-state index is 12.1. The number of carbonyl (C=O) groups excluding carboxylic acids is 1. The monoisotopic (exact) mass is 434 g/mol. The summed E-state index contributed by atoms with van der Waals surface area (Å²) in [6.45, 7) is 3.14. The summed E-state index contributed by atoms with van der Waals surface area (Å²) in [5, 5.41) is 6.35. The summed E-state index contributed by atoms with van der Waals surface area (Å²) in [5.41, 5.74) is 4.36. The molecule has 32 heavy (non-hydrogen) atoms. The topological polar surface area (TPSA) is 78.4 Å². The molecule has 0 radical (unpaired) electrons. The first-order valence-corrected chi connectivity index (χ1v) is 10.4. The van der Waals surface area contributed by atoms with Crippen LogP contribution in [0.15, 0.2) is 65.8 Å². The molecule has 4 rings (SSSR count). The van der Waals surface area contributed by atoms with Gasteiger partial charge in [-0.2, -0.15) is 5.10 Å². The Hall–Kier alpha value is -3.42. The van der Waals surface area contributed by atoms with Crippen LogP contribution in [-0.4, -0.2) is 38.2 Å². The lowest BCUT2D eigenvalue weighted by atomic mass is 10.1. The predicted molar refractivity (Wildman–Crippen MR) is 122 cm³/mol. The van der Waals surface area contributed by atoms with Crippen molar-refractivity contribution >= 4 is 22.9 Å². The molecular weight excluding hydrogens is 408 g/mol. The lowest BCUT2D eigenvalue weighted by Crippen LogP contribution is -2.33. The molecule has 0 aliphatic carbocycles. The first-order valence-electron chi connectivity index (χ1n) is 10.4. The maximum Gasteiger partial charge on any atom is 0.245 e.